The lowest BCUT2D eigenvalue weighted by Gasteiger charge is -2.07. The van der Waals surface area contributed by atoms with E-state index >= 15 is 0 Å². The van der Waals surface area contributed by atoms with E-state index in [1.165, 1.54) is 12.1 Å². The average molecular weight is 296 g/mol. The van der Waals surface area contributed by atoms with E-state index in [1.54, 1.807) is 12.1 Å². The molecule has 0 aliphatic rings. The second-order valence-corrected chi connectivity index (χ2v) is 4.67. The summed E-state index contributed by atoms with van der Waals surface area (Å²) in [6.45, 7) is 0.315. The van der Waals surface area contributed by atoms with Crippen LogP contribution in [-0.2, 0) is 6.42 Å². The highest BCUT2D eigenvalue weighted by Gasteiger charge is 2.14. The van der Waals surface area contributed by atoms with Gasteiger partial charge in [0.15, 0.2) is 11.6 Å². The van der Waals surface area contributed by atoms with Gasteiger partial charge in [-0.3, -0.25) is 4.79 Å². The van der Waals surface area contributed by atoms with Gasteiger partial charge in [0.2, 0.25) is 0 Å². The van der Waals surface area contributed by atoms with E-state index in [1.807, 2.05) is 12.1 Å². The molecule has 20 heavy (non-hydrogen) atoms. The van der Waals surface area contributed by atoms with Gasteiger partial charge < -0.3 is 5.32 Å². The van der Waals surface area contributed by atoms with E-state index in [9.17, 15) is 13.6 Å². The molecule has 2 rings (SSSR count). The lowest BCUT2D eigenvalue weighted by molar-refractivity contribution is 0.0949. The van der Waals surface area contributed by atoms with E-state index < -0.39 is 17.5 Å². The van der Waals surface area contributed by atoms with Gasteiger partial charge >= 0.3 is 0 Å². The van der Waals surface area contributed by atoms with E-state index in [0.717, 1.165) is 11.6 Å². The molecule has 2 aromatic carbocycles. The Balaban J connectivity index is 1.94. The fraction of sp³-hybridized carbons (Fsp3) is 0.133. The second-order valence-electron chi connectivity index (χ2n) is 4.24. The first-order valence-corrected chi connectivity index (χ1v) is 6.42. The topological polar surface area (TPSA) is 29.1 Å². The van der Waals surface area contributed by atoms with Crippen LogP contribution in [0.4, 0.5) is 8.78 Å². The minimum absolute atomic E-state index is 0.295. The van der Waals surface area contributed by atoms with Crippen molar-refractivity contribution in [2.45, 2.75) is 6.42 Å². The molecular weight excluding hydrogens is 284 g/mol. The summed E-state index contributed by atoms with van der Waals surface area (Å²) in [5, 5.41) is 3.16. The molecule has 0 spiro atoms. The standard InChI is InChI=1S/C15H12ClF2NO/c16-11-4-1-3-10(9-11)7-8-19-15(20)12-5-2-6-13(17)14(12)18/h1-6,9H,7-8H2,(H,19,20). The number of amides is 1. The van der Waals surface area contributed by atoms with Crippen molar-refractivity contribution in [2.75, 3.05) is 6.54 Å². The summed E-state index contributed by atoms with van der Waals surface area (Å²) in [4.78, 5) is 11.7. The number of nitrogens with one attached hydrogen (secondary N) is 1. The first kappa shape index (κ1) is 14.5. The molecule has 1 amide bonds. The van der Waals surface area contributed by atoms with E-state index in [2.05, 4.69) is 5.32 Å². The molecule has 0 bridgehead atoms. The molecule has 0 unspecified atom stereocenters. The third-order valence-corrected chi connectivity index (χ3v) is 3.02. The van der Waals surface area contributed by atoms with Gasteiger partial charge in [-0.15, -0.1) is 0 Å². The number of rotatable bonds is 4. The van der Waals surface area contributed by atoms with Crippen LogP contribution in [0.1, 0.15) is 15.9 Å². The van der Waals surface area contributed by atoms with Crippen LogP contribution in [0.3, 0.4) is 0 Å². The fourth-order valence-corrected chi connectivity index (χ4v) is 2.00. The number of halogens is 3. The molecule has 0 radical (unpaired) electrons. The summed E-state index contributed by atoms with van der Waals surface area (Å²) in [5.74, 6) is -2.80. The maximum absolute atomic E-state index is 13.4. The van der Waals surface area contributed by atoms with E-state index in [-0.39, 0.29) is 5.56 Å². The third kappa shape index (κ3) is 3.54. The van der Waals surface area contributed by atoms with Crippen molar-refractivity contribution in [1.29, 1.82) is 0 Å². The van der Waals surface area contributed by atoms with Gasteiger partial charge in [-0.25, -0.2) is 8.78 Å². The molecule has 104 valence electrons. The Kier molecular flexibility index (Phi) is 4.69. The van der Waals surface area contributed by atoms with Gasteiger partial charge in [0.25, 0.3) is 5.91 Å². The van der Waals surface area contributed by atoms with Crippen molar-refractivity contribution in [3.05, 3.63) is 70.2 Å². The van der Waals surface area contributed by atoms with Gasteiger partial charge in [0, 0.05) is 11.6 Å². The first-order valence-electron chi connectivity index (χ1n) is 6.04. The lowest BCUT2D eigenvalue weighted by Crippen LogP contribution is -2.26. The van der Waals surface area contributed by atoms with Crippen molar-refractivity contribution in [3.63, 3.8) is 0 Å². The molecule has 5 heteroatoms. The quantitative estimate of drug-likeness (QED) is 0.917. The van der Waals surface area contributed by atoms with Crippen molar-refractivity contribution < 1.29 is 13.6 Å². The highest BCUT2D eigenvalue weighted by atomic mass is 35.5. The molecular formula is C15H12ClF2NO. The van der Waals surface area contributed by atoms with Crippen molar-refractivity contribution in [2.24, 2.45) is 0 Å². The number of benzene rings is 2. The monoisotopic (exact) mass is 295 g/mol. The molecule has 2 aromatic rings. The average Bonchev–Trinajstić information content (AvgIpc) is 2.42. The van der Waals surface area contributed by atoms with Crippen LogP contribution in [0.15, 0.2) is 42.5 Å². The maximum Gasteiger partial charge on any atom is 0.254 e. The molecule has 0 aliphatic heterocycles. The maximum atomic E-state index is 13.4. The van der Waals surface area contributed by atoms with Crippen LogP contribution in [0.5, 0.6) is 0 Å². The number of hydrogen-bond donors (Lipinski definition) is 1. The largest absolute Gasteiger partial charge is 0.352 e. The Morgan fingerprint density at radius 3 is 2.65 bits per heavy atom. The van der Waals surface area contributed by atoms with Crippen LogP contribution in [0, 0.1) is 11.6 Å². The zero-order chi connectivity index (χ0) is 14.5. The SMILES string of the molecule is O=C(NCCc1cccc(Cl)c1)c1cccc(F)c1F. The van der Waals surface area contributed by atoms with Gasteiger partial charge in [-0.2, -0.15) is 0 Å². The predicted molar refractivity (Wildman–Crippen MR) is 73.8 cm³/mol. The van der Waals surface area contributed by atoms with Crippen LogP contribution < -0.4 is 5.32 Å². The van der Waals surface area contributed by atoms with Crippen LogP contribution in [0.25, 0.3) is 0 Å². The van der Waals surface area contributed by atoms with Crippen LogP contribution in [0.2, 0.25) is 5.02 Å². The Morgan fingerprint density at radius 2 is 1.90 bits per heavy atom. The van der Waals surface area contributed by atoms with Gasteiger partial charge in [0.1, 0.15) is 0 Å². The molecule has 0 saturated heterocycles. The minimum Gasteiger partial charge on any atom is -0.352 e. The summed E-state index contributed by atoms with van der Waals surface area (Å²) in [6.07, 6.45) is 0.559. The Bertz CT molecular complexity index is 631. The zero-order valence-corrected chi connectivity index (χ0v) is 11.3. The van der Waals surface area contributed by atoms with Crippen LogP contribution >= 0.6 is 11.6 Å². The number of carbonyl (C=O) groups is 1. The zero-order valence-electron chi connectivity index (χ0n) is 10.5. The smallest absolute Gasteiger partial charge is 0.254 e. The molecule has 0 heterocycles. The fourth-order valence-electron chi connectivity index (χ4n) is 1.79. The van der Waals surface area contributed by atoms with Crippen molar-refractivity contribution in [3.8, 4) is 0 Å². The molecule has 0 fully saturated rings. The minimum atomic E-state index is -1.13. The van der Waals surface area contributed by atoms with E-state index in [4.69, 9.17) is 11.6 Å². The third-order valence-electron chi connectivity index (χ3n) is 2.78. The molecule has 0 atom stereocenters. The lowest BCUT2D eigenvalue weighted by atomic mass is 10.1. The molecule has 1 N–H and O–H groups in total. The summed E-state index contributed by atoms with van der Waals surface area (Å²) >= 11 is 5.84. The number of carbonyl (C=O) groups excluding carboxylic acids is 1. The molecule has 0 aliphatic carbocycles. The van der Waals surface area contributed by atoms with Crippen molar-refractivity contribution in [1.82, 2.24) is 5.32 Å². The normalized spacial score (nSPS) is 10.3. The molecule has 0 saturated carbocycles. The summed E-state index contributed by atoms with van der Waals surface area (Å²) in [5.41, 5.74) is 0.661. The van der Waals surface area contributed by atoms with Crippen molar-refractivity contribution >= 4 is 17.5 Å². The highest BCUT2D eigenvalue weighted by Crippen LogP contribution is 2.12. The molecule has 0 aromatic heterocycles. The predicted octanol–water partition coefficient (Wildman–Crippen LogP) is 3.59. The summed E-state index contributed by atoms with van der Waals surface area (Å²) in [7, 11) is 0. The van der Waals surface area contributed by atoms with Gasteiger partial charge in [-0.05, 0) is 36.2 Å². The Hall–Kier alpha value is -1.94. The second kappa shape index (κ2) is 6.48. The Morgan fingerprint density at radius 1 is 1.15 bits per heavy atom. The van der Waals surface area contributed by atoms with Gasteiger partial charge in [-0.1, -0.05) is 29.8 Å². The Labute approximate surface area is 120 Å². The number of hydrogen-bond acceptors (Lipinski definition) is 1. The summed E-state index contributed by atoms with van der Waals surface area (Å²) < 4.78 is 26.4. The molecule has 2 nitrogen and oxygen atoms in total. The van der Waals surface area contributed by atoms with Gasteiger partial charge in [0.05, 0.1) is 5.56 Å². The summed E-state index contributed by atoms with van der Waals surface area (Å²) in [6, 6.07) is 10.7. The van der Waals surface area contributed by atoms with Crippen LogP contribution in [-0.4, -0.2) is 12.5 Å². The first-order chi connectivity index (χ1) is 9.58. The highest BCUT2D eigenvalue weighted by molar-refractivity contribution is 6.30. The van der Waals surface area contributed by atoms with E-state index in [0.29, 0.717) is 18.0 Å².